The Kier molecular flexibility index (Phi) is 6.17. The Balaban J connectivity index is 1.32. The minimum Gasteiger partial charge on any atom is -0.319 e. The van der Waals surface area contributed by atoms with Crippen molar-refractivity contribution in [1.29, 1.82) is 10.5 Å². The molecule has 10 rings (SSSR count). The summed E-state index contributed by atoms with van der Waals surface area (Å²) in [6.45, 7) is 8.39. The third-order valence-electron chi connectivity index (χ3n) is 10.0. The zero-order valence-electron chi connectivity index (χ0n) is 26.9. The van der Waals surface area contributed by atoms with E-state index in [1.54, 1.807) is 17.4 Å². The van der Waals surface area contributed by atoms with Gasteiger partial charge in [-0.3, -0.25) is 0 Å². The Hall–Kier alpha value is -7.17. The molecule has 234 valence electrons. The smallest absolute Gasteiger partial charge is 0.211 e. The normalized spacial score (nSPS) is 11.5. The Morgan fingerprint density at radius 3 is 1.82 bits per heavy atom. The highest BCUT2D eigenvalue weighted by atomic mass is 32.1. The van der Waals surface area contributed by atoms with E-state index in [0.717, 1.165) is 60.2 Å². The monoisotopic (exact) mass is 665 g/mol. The number of nitriles is 2. The lowest BCUT2D eigenvalue weighted by molar-refractivity contribution is 1.17. The lowest BCUT2D eigenvalue weighted by Crippen LogP contribution is -2.01. The molecule has 0 aliphatic rings. The number of para-hydroxylation sites is 3. The number of nitrogens with zero attached hydrogens (tertiary/aromatic N) is 5. The molecule has 3 aromatic heterocycles. The molecule has 0 bridgehead atoms. The van der Waals surface area contributed by atoms with Gasteiger partial charge >= 0.3 is 0 Å². The van der Waals surface area contributed by atoms with E-state index in [-0.39, 0.29) is 0 Å². The molecular formula is C45H23N5S. The van der Waals surface area contributed by atoms with Gasteiger partial charge in [0.1, 0.15) is 0 Å². The van der Waals surface area contributed by atoms with E-state index in [1.165, 1.54) is 14.8 Å². The van der Waals surface area contributed by atoms with E-state index in [0.29, 0.717) is 28.1 Å². The van der Waals surface area contributed by atoms with Gasteiger partial charge in [0.25, 0.3) is 0 Å². The van der Waals surface area contributed by atoms with Crippen LogP contribution in [-0.4, -0.2) is 9.13 Å². The molecule has 0 amide bonds. The van der Waals surface area contributed by atoms with Crippen LogP contribution in [0.25, 0.3) is 91.1 Å². The summed E-state index contributed by atoms with van der Waals surface area (Å²) in [5, 5.41) is 27.7. The van der Waals surface area contributed by atoms with Crippen LogP contribution in [0.5, 0.6) is 0 Å². The fraction of sp³-hybridized carbons (Fsp3) is 0. The number of rotatable bonds is 3. The molecule has 0 atom stereocenters. The Bertz CT molecular complexity index is 3190. The van der Waals surface area contributed by atoms with E-state index >= 15 is 0 Å². The van der Waals surface area contributed by atoms with Crippen molar-refractivity contribution in [2.45, 2.75) is 0 Å². The SMILES string of the molecule is [C-]#[N+]c1cc(-c2ccc(C#N)cc2-n2c3ccccc3c3ccc4sc5ccccc5c4c32)c(C#N)cc1-n1c2ccccc2c2ccccc21. The molecule has 0 fully saturated rings. The molecule has 0 saturated heterocycles. The van der Waals surface area contributed by atoms with Crippen molar-refractivity contribution in [3.05, 3.63) is 162 Å². The first-order chi connectivity index (χ1) is 25.2. The van der Waals surface area contributed by atoms with Crippen LogP contribution >= 0.6 is 11.3 Å². The van der Waals surface area contributed by atoms with Gasteiger partial charge in [0, 0.05) is 47.3 Å². The third-order valence-corrected chi connectivity index (χ3v) is 11.1. The van der Waals surface area contributed by atoms with Gasteiger partial charge in [-0.1, -0.05) is 84.9 Å². The summed E-state index contributed by atoms with van der Waals surface area (Å²) in [4.78, 5) is 4.06. The number of benzene rings is 7. The average molecular weight is 666 g/mol. The average Bonchev–Trinajstić information content (AvgIpc) is 3.85. The van der Waals surface area contributed by atoms with Crippen molar-refractivity contribution in [3.8, 4) is 34.6 Å². The number of hydrogen-bond acceptors (Lipinski definition) is 3. The molecule has 10 aromatic rings. The predicted octanol–water partition coefficient (Wildman–Crippen LogP) is 12.2. The van der Waals surface area contributed by atoms with Gasteiger partial charge in [0.05, 0.1) is 63.3 Å². The van der Waals surface area contributed by atoms with Crippen LogP contribution in [0.4, 0.5) is 5.69 Å². The summed E-state index contributed by atoms with van der Waals surface area (Å²) >= 11 is 1.77. The Morgan fingerprint density at radius 2 is 1.16 bits per heavy atom. The van der Waals surface area contributed by atoms with Gasteiger partial charge in [-0.15, -0.1) is 11.3 Å². The zero-order valence-corrected chi connectivity index (χ0v) is 27.7. The van der Waals surface area contributed by atoms with Gasteiger partial charge in [-0.25, -0.2) is 4.85 Å². The molecule has 5 nitrogen and oxygen atoms in total. The van der Waals surface area contributed by atoms with Crippen LogP contribution in [0.1, 0.15) is 11.1 Å². The van der Waals surface area contributed by atoms with Crippen LogP contribution in [0, 0.1) is 29.2 Å². The second kappa shape index (κ2) is 10.9. The second-order valence-corrected chi connectivity index (χ2v) is 13.7. The first-order valence-electron chi connectivity index (χ1n) is 16.5. The molecule has 0 spiro atoms. The fourth-order valence-corrected chi connectivity index (χ4v) is 8.98. The van der Waals surface area contributed by atoms with E-state index in [1.807, 2.05) is 54.6 Å². The van der Waals surface area contributed by atoms with Crippen LogP contribution < -0.4 is 0 Å². The van der Waals surface area contributed by atoms with Gasteiger partial charge in [0.15, 0.2) is 0 Å². The number of aromatic nitrogens is 2. The summed E-state index contributed by atoms with van der Waals surface area (Å²) in [7, 11) is 0. The van der Waals surface area contributed by atoms with Crippen molar-refractivity contribution in [2.24, 2.45) is 0 Å². The van der Waals surface area contributed by atoms with Crippen molar-refractivity contribution in [2.75, 3.05) is 0 Å². The van der Waals surface area contributed by atoms with Crippen molar-refractivity contribution in [3.63, 3.8) is 0 Å². The van der Waals surface area contributed by atoms with Crippen LogP contribution in [-0.2, 0) is 0 Å². The van der Waals surface area contributed by atoms with Gasteiger partial charge in [-0.05, 0) is 60.2 Å². The minimum absolute atomic E-state index is 0.430. The van der Waals surface area contributed by atoms with Crippen molar-refractivity contribution >= 4 is 80.8 Å². The lowest BCUT2D eigenvalue weighted by atomic mass is 9.95. The van der Waals surface area contributed by atoms with E-state index in [9.17, 15) is 10.5 Å². The first kappa shape index (κ1) is 28.8. The summed E-state index contributed by atoms with van der Waals surface area (Å²) in [5.41, 5.74) is 8.20. The third kappa shape index (κ3) is 4.05. The number of hydrogen-bond donors (Lipinski definition) is 0. The quantitative estimate of drug-likeness (QED) is 0.176. The molecule has 0 aliphatic carbocycles. The summed E-state index contributed by atoms with van der Waals surface area (Å²) < 4.78 is 6.72. The van der Waals surface area contributed by atoms with Gasteiger partial charge in [0.2, 0.25) is 5.69 Å². The molecule has 6 heteroatoms. The fourth-order valence-electron chi connectivity index (χ4n) is 7.87. The van der Waals surface area contributed by atoms with Crippen LogP contribution in [0.15, 0.2) is 140 Å². The number of thiophene rings is 1. The molecular weight excluding hydrogens is 643 g/mol. The Morgan fingerprint density at radius 1 is 0.529 bits per heavy atom. The highest BCUT2D eigenvalue weighted by molar-refractivity contribution is 7.26. The van der Waals surface area contributed by atoms with Crippen LogP contribution in [0.2, 0.25) is 0 Å². The summed E-state index contributed by atoms with van der Waals surface area (Å²) in [5.74, 6) is 0. The van der Waals surface area contributed by atoms with Crippen molar-refractivity contribution < 1.29 is 0 Å². The number of fused-ring (bicyclic) bond motifs is 10. The molecule has 0 radical (unpaired) electrons. The Labute approximate surface area is 296 Å². The van der Waals surface area contributed by atoms with Crippen LogP contribution in [0.3, 0.4) is 0 Å². The molecule has 0 saturated carbocycles. The zero-order chi connectivity index (χ0) is 34.2. The van der Waals surface area contributed by atoms with Gasteiger partial charge < -0.3 is 9.13 Å². The largest absolute Gasteiger partial charge is 0.319 e. The second-order valence-electron chi connectivity index (χ2n) is 12.6. The lowest BCUT2D eigenvalue weighted by Gasteiger charge is -2.18. The molecule has 51 heavy (non-hydrogen) atoms. The highest BCUT2D eigenvalue weighted by Gasteiger charge is 2.23. The van der Waals surface area contributed by atoms with Gasteiger partial charge in [-0.2, -0.15) is 10.5 Å². The van der Waals surface area contributed by atoms with E-state index < -0.39 is 0 Å². The highest BCUT2D eigenvalue weighted by Crippen LogP contribution is 2.46. The molecule has 7 aromatic carbocycles. The summed E-state index contributed by atoms with van der Waals surface area (Å²) in [6, 6.07) is 51.7. The predicted molar refractivity (Wildman–Crippen MR) is 209 cm³/mol. The first-order valence-corrected chi connectivity index (χ1v) is 17.3. The molecule has 0 N–H and O–H groups in total. The van der Waals surface area contributed by atoms with E-state index in [4.69, 9.17) is 6.57 Å². The maximum Gasteiger partial charge on any atom is 0.211 e. The minimum atomic E-state index is 0.430. The molecule has 0 unspecified atom stereocenters. The van der Waals surface area contributed by atoms with Crippen molar-refractivity contribution in [1.82, 2.24) is 9.13 Å². The molecule has 0 aliphatic heterocycles. The molecule has 3 heterocycles. The maximum atomic E-state index is 10.8. The summed E-state index contributed by atoms with van der Waals surface area (Å²) in [6.07, 6.45) is 0. The maximum absolute atomic E-state index is 10.8. The standard InChI is InChI=1S/C45H23N5S/c1-48-36-24-35(28(26-47)23-41(36)49-37-14-6-2-10-29(37)30-11-3-7-15-38(30)49)32-19-18-27(25-46)22-40(32)50-39-16-8-4-12-31(39)33-20-21-43-44(45(33)50)34-13-5-9-17-42(34)51-43/h2-24H. The van der Waals surface area contributed by atoms with E-state index in [2.05, 4.69) is 105 Å². The topological polar surface area (TPSA) is 61.8 Å².